The van der Waals surface area contributed by atoms with Gasteiger partial charge in [-0.2, -0.15) is 0 Å². The minimum Gasteiger partial charge on any atom is -0.367 e. The molecule has 1 unspecified atom stereocenters. The summed E-state index contributed by atoms with van der Waals surface area (Å²) >= 11 is 0. The first kappa shape index (κ1) is 14.9. The fourth-order valence-corrected chi connectivity index (χ4v) is 2.93. The van der Waals surface area contributed by atoms with E-state index < -0.39 is 0 Å². The van der Waals surface area contributed by atoms with E-state index in [2.05, 4.69) is 51.8 Å². The lowest BCUT2D eigenvalue weighted by Gasteiger charge is -2.47. The summed E-state index contributed by atoms with van der Waals surface area (Å²) in [6.45, 7) is 17.5. The number of ether oxygens (including phenoxy) is 1. The second-order valence-electron chi connectivity index (χ2n) is 6.58. The molecule has 0 amide bonds. The fourth-order valence-electron chi connectivity index (χ4n) is 2.93. The van der Waals surface area contributed by atoms with Crippen LogP contribution in [0.25, 0.3) is 0 Å². The molecule has 1 fully saturated rings. The molecule has 1 aliphatic rings. The minimum atomic E-state index is -0.0246. The quantitative estimate of drug-likeness (QED) is 0.800. The highest BCUT2D eigenvalue weighted by molar-refractivity contribution is 4.89. The third kappa shape index (κ3) is 5.36. The molecule has 1 rings (SSSR count). The standard InChI is InChI=1S/C14H30N2O/c1-7-15-12(2)8-9-16-10-13(3,4)17-14(5,6)11-16/h12,15H,7-11H2,1-6H3. The van der Waals surface area contributed by atoms with Crippen molar-refractivity contribution >= 4 is 0 Å². The number of nitrogens with one attached hydrogen (secondary N) is 1. The lowest BCUT2D eigenvalue weighted by Crippen LogP contribution is -2.57. The SMILES string of the molecule is CCNC(C)CCN1CC(C)(C)OC(C)(C)C1. The van der Waals surface area contributed by atoms with E-state index in [0.717, 1.165) is 26.2 Å². The monoisotopic (exact) mass is 242 g/mol. The van der Waals surface area contributed by atoms with Crippen molar-refractivity contribution in [2.75, 3.05) is 26.2 Å². The topological polar surface area (TPSA) is 24.5 Å². The highest BCUT2D eigenvalue weighted by atomic mass is 16.5. The first-order chi connectivity index (χ1) is 7.74. The Morgan fingerprint density at radius 3 is 2.18 bits per heavy atom. The van der Waals surface area contributed by atoms with E-state index in [1.165, 1.54) is 6.42 Å². The minimum absolute atomic E-state index is 0.0246. The van der Waals surface area contributed by atoms with Crippen LogP contribution in [0, 0.1) is 0 Å². The average Bonchev–Trinajstić information content (AvgIpc) is 2.10. The van der Waals surface area contributed by atoms with Gasteiger partial charge in [-0.25, -0.2) is 0 Å². The highest BCUT2D eigenvalue weighted by Gasteiger charge is 2.37. The Kier molecular flexibility index (Phi) is 4.99. The number of nitrogens with zero attached hydrogens (tertiary/aromatic N) is 1. The molecule has 1 saturated heterocycles. The molecule has 0 bridgehead atoms. The summed E-state index contributed by atoms with van der Waals surface area (Å²) < 4.78 is 6.09. The Bertz CT molecular complexity index is 222. The van der Waals surface area contributed by atoms with Crippen molar-refractivity contribution in [1.29, 1.82) is 0 Å². The summed E-state index contributed by atoms with van der Waals surface area (Å²) in [5, 5.41) is 3.47. The summed E-state index contributed by atoms with van der Waals surface area (Å²) in [5.41, 5.74) is -0.0493. The van der Waals surface area contributed by atoms with Gasteiger partial charge in [-0.15, -0.1) is 0 Å². The molecule has 1 aliphatic heterocycles. The normalized spacial score (nSPS) is 25.8. The van der Waals surface area contributed by atoms with Crippen molar-refractivity contribution < 1.29 is 4.74 Å². The molecule has 0 aromatic heterocycles. The molecule has 3 nitrogen and oxygen atoms in total. The van der Waals surface area contributed by atoms with Gasteiger partial charge in [0.1, 0.15) is 0 Å². The van der Waals surface area contributed by atoms with Crippen molar-refractivity contribution in [3.63, 3.8) is 0 Å². The second-order valence-corrected chi connectivity index (χ2v) is 6.58. The van der Waals surface area contributed by atoms with E-state index in [9.17, 15) is 0 Å². The molecule has 102 valence electrons. The van der Waals surface area contributed by atoms with Crippen molar-refractivity contribution in [2.24, 2.45) is 0 Å². The van der Waals surface area contributed by atoms with Crippen LogP contribution in [0.1, 0.15) is 48.0 Å². The third-order valence-electron chi connectivity index (χ3n) is 3.19. The first-order valence-corrected chi connectivity index (χ1v) is 6.90. The van der Waals surface area contributed by atoms with E-state index in [0.29, 0.717) is 6.04 Å². The fraction of sp³-hybridized carbons (Fsp3) is 1.00. The maximum Gasteiger partial charge on any atom is 0.0760 e. The van der Waals surface area contributed by atoms with Gasteiger partial charge < -0.3 is 10.1 Å². The van der Waals surface area contributed by atoms with Gasteiger partial charge in [0.25, 0.3) is 0 Å². The van der Waals surface area contributed by atoms with Crippen molar-refractivity contribution in [3.05, 3.63) is 0 Å². The van der Waals surface area contributed by atoms with Crippen LogP contribution in [-0.4, -0.2) is 48.3 Å². The zero-order valence-corrected chi connectivity index (χ0v) is 12.5. The number of hydrogen-bond donors (Lipinski definition) is 1. The van der Waals surface area contributed by atoms with Gasteiger partial charge in [-0.1, -0.05) is 6.92 Å². The molecule has 0 aromatic rings. The van der Waals surface area contributed by atoms with E-state index in [1.807, 2.05) is 0 Å². The van der Waals surface area contributed by atoms with Gasteiger partial charge in [0.05, 0.1) is 11.2 Å². The molecular weight excluding hydrogens is 212 g/mol. The number of morpholine rings is 1. The predicted octanol–water partition coefficient (Wildman–Crippen LogP) is 2.26. The zero-order valence-electron chi connectivity index (χ0n) is 12.5. The average molecular weight is 242 g/mol. The van der Waals surface area contributed by atoms with Gasteiger partial charge in [-0.05, 0) is 54.1 Å². The molecule has 0 aromatic carbocycles. The number of hydrogen-bond acceptors (Lipinski definition) is 3. The molecule has 17 heavy (non-hydrogen) atoms. The van der Waals surface area contributed by atoms with E-state index in [1.54, 1.807) is 0 Å². The molecule has 3 heteroatoms. The van der Waals surface area contributed by atoms with E-state index >= 15 is 0 Å². The van der Waals surface area contributed by atoms with Crippen LogP contribution >= 0.6 is 0 Å². The Morgan fingerprint density at radius 2 is 1.71 bits per heavy atom. The zero-order chi connectivity index (χ0) is 13.1. The second kappa shape index (κ2) is 5.68. The molecule has 0 spiro atoms. The number of rotatable bonds is 5. The van der Waals surface area contributed by atoms with Crippen LogP contribution < -0.4 is 5.32 Å². The van der Waals surface area contributed by atoms with Gasteiger partial charge in [0.2, 0.25) is 0 Å². The largest absolute Gasteiger partial charge is 0.367 e. The summed E-state index contributed by atoms with van der Waals surface area (Å²) in [7, 11) is 0. The van der Waals surface area contributed by atoms with Crippen LogP contribution in [0.15, 0.2) is 0 Å². The third-order valence-corrected chi connectivity index (χ3v) is 3.19. The van der Waals surface area contributed by atoms with Gasteiger partial charge in [-0.3, -0.25) is 4.90 Å². The van der Waals surface area contributed by atoms with Crippen molar-refractivity contribution in [3.8, 4) is 0 Å². The summed E-state index contributed by atoms with van der Waals surface area (Å²) in [6.07, 6.45) is 1.21. The van der Waals surface area contributed by atoms with Crippen LogP contribution in [0.3, 0.4) is 0 Å². The van der Waals surface area contributed by atoms with Crippen LogP contribution in [-0.2, 0) is 4.74 Å². The van der Waals surface area contributed by atoms with Crippen molar-refractivity contribution in [1.82, 2.24) is 10.2 Å². The Hall–Kier alpha value is -0.120. The smallest absolute Gasteiger partial charge is 0.0760 e. The molecule has 0 saturated carbocycles. The lowest BCUT2D eigenvalue weighted by molar-refractivity contribution is -0.180. The molecule has 1 N–H and O–H groups in total. The molecule has 0 radical (unpaired) electrons. The van der Waals surface area contributed by atoms with Crippen LogP contribution in [0.4, 0.5) is 0 Å². The molecule has 0 aliphatic carbocycles. The highest BCUT2D eigenvalue weighted by Crippen LogP contribution is 2.27. The van der Waals surface area contributed by atoms with Gasteiger partial charge in [0.15, 0.2) is 0 Å². The van der Waals surface area contributed by atoms with E-state index in [4.69, 9.17) is 4.74 Å². The van der Waals surface area contributed by atoms with Crippen LogP contribution in [0.5, 0.6) is 0 Å². The van der Waals surface area contributed by atoms with Gasteiger partial charge in [0, 0.05) is 19.1 Å². The lowest BCUT2D eigenvalue weighted by atomic mass is 9.98. The molecule has 1 atom stereocenters. The van der Waals surface area contributed by atoms with Gasteiger partial charge >= 0.3 is 0 Å². The Balaban J connectivity index is 2.43. The summed E-state index contributed by atoms with van der Waals surface area (Å²) in [6, 6.07) is 0.606. The maximum absolute atomic E-state index is 6.09. The molecular formula is C14H30N2O. The molecule has 1 heterocycles. The maximum atomic E-state index is 6.09. The predicted molar refractivity (Wildman–Crippen MR) is 73.4 cm³/mol. The summed E-state index contributed by atoms with van der Waals surface area (Å²) in [5.74, 6) is 0. The Morgan fingerprint density at radius 1 is 1.18 bits per heavy atom. The summed E-state index contributed by atoms with van der Waals surface area (Å²) in [4.78, 5) is 2.54. The first-order valence-electron chi connectivity index (χ1n) is 6.90. The van der Waals surface area contributed by atoms with Crippen molar-refractivity contribution in [2.45, 2.75) is 65.2 Å². The van der Waals surface area contributed by atoms with E-state index in [-0.39, 0.29) is 11.2 Å². The van der Waals surface area contributed by atoms with Crippen LogP contribution in [0.2, 0.25) is 0 Å². The Labute approximate surface area is 107 Å².